The maximum Gasteiger partial charge on any atom is 0.344 e. The van der Waals surface area contributed by atoms with Crippen LogP contribution in [0.4, 0.5) is 10.6 Å². The SMILES string of the molecule is CNCc1ccc(CNC(=O)n2nccc2N)c(-c2ccc(S(=O)(=O)C(C)C)cc2)c1. The number of hydrogen-bond acceptors (Lipinski definition) is 6. The van der Waals surface area contributed by atoms with Gasteiger partial charge in [-0.1, -0.05) is 24.3 Å². The maximum absolute atomic E-state index is 12.4. The molecule has 0 atom stereocenters. The Labute approximate surface area is 182 Å². The van der Waals surface area contributed by atoms with Gasteiger partial charge in [0.2, 0.25) is 0 Å². The van der Waals surface area contributed by atoms with Crippen LogP contribution in [0.3, 0.4) is 0 Å². The van der Waals surface area contributed by atoms with Gasteiger partial charge in [0.1, 0.15) is 5.82 Å². The fourth-order valence-electron chi connectivity index (χ4n) is 3.19. The Bertz CT molecular complexity index is 1170. The van der Waals surface area contributed by atoms with E-state index in [0.717, 1.165) is 26.9 Å². The lowest BCUT2D eigenvalue weighted by molar-refractivity contribution is 0.239. The van der Waals surface area contributed by atoms with Crippen molar-refractivity contribution in [2.45, 2.75) is 37.1 Å². The molecule has 3 rings (SSSR count). The average Bonchev–Trinajstić information content (AvgIpc) is 3.18. The van der Waals surface area contributed by atoms with E-state index < -0.39 is 21.1 Å². The van der Waals surface area contributed by atoms with Crippen LogP contribution in [0.25, 0.3) is 11.1 Å². The minimum atomic E-state index is -3.34. The van der Waals surface area contributed by atoms with Crippen molar-refractivity contribution in [2.75, 3.05) is 12.8 Å². The highest BCUT2D eigenvalue weighted by Crippen LogP contribution is 2.27. The van der Waals surface area contributed by atoms with E-state index in [1.165, 1.54) is 6.20 Å². The fourth-order valence-corrected chi connectivity index (χ4v) is 4.25. The summed E-state index contributed by atoms with van der Waals surface area (Å²) in [6.07, 6.45) is 1.46. The van der Waals surface area contributed by atoms with Crippen LogP contribution in [0.1, 0.15) is 25.0 Å². The number of nitrogen functional groups attached to an aromatic ring is 1. The molecule has 0 radical (unpaired) electrons. The normalized spacial score (nSPS) is 11.6. The molecule has 8 nitrogen and oxygen atoms in total. The van der Waals surface area contributed by atoms with Crippen molar-refractivity contribution >= 4 is 21.7 Å². The van der Waals surface area contributed by atoms with Gasteiger partial charge in [-0.25, -0.2) is 13.2 Å². The van der Waals surface area contributed by atoms with E-state index in [4.69, 9.17) is 5.73 Å². The van der Waals surface area contributed by atoms with Gasteiger partial charge in [-0.3, -0.25) is 0 Å². The summed E-state index contributed by atoms with van der Waals surface area (Å²) in [6.45, 7) is 4.28. The highest BCUT2D eigenvalue weighted by atomic mass is 32.2. The number of amides is 1. The third-order valence-electron chi connectivity index (χ3n) is 4.96. The zero-order valence-electron chi connectivity index (χ0n) is 17.8. The second-order valence-electron chi connectivity index (χ2n) is 7.47. The summed E-state index contributed by atoms with van der Waals surface area (Å²) in [6, 6.07) is 13.9. The van der Waals surface area contributed by atoms with Crippen molar-refractivity contribution in [1.29, 1.82) is 0 Å². The van der Waals surface area contributed by atoms with E-state index in [2.05, 4.69) is 15.7 Å². The number of benzene rings is 2. The van der Waals surface area contributed by atoms with Crippen molar-refractivity contribution in [1.82, 2.24) is 20.4 Å². The number of sulfone groups is 1. The lowest BCUT2D eigenvalue weighted by Crippen LogP contribution is -2.30. The topological polar surface area (TPSA) is 119 Å². The van der Waals surface area contributed by atoms with Gasteiger partial charge >= 0.3 is 6.03 Å². The molecule has 0 fully saturated rings. The summed E-state index contributed by atoms with van der Waals surface area (Å²) >= 11 is 0. The van der Waals surface area contributed by atoms with Crippen molar-refractivity contribution in [3.05, 3.63) is 65.9 Å². The van der Waals surface area contributed by atoms with Crippen LogP contribution in [0.15, 0.2) is 59.6 Å². The molecule has 1 aromatic heterocycles. The number of carbonyl (C=O) groups excluding carboxylic acids is 1. The molecule has 4 N–H and O–H groups in total. The van der Waals surface area contributed by atoms with Gasteiger partial charge in [-0.15, -0.1) is 0 Å². The molecule has 164 valence electrons. The zero-order valence-corrected chi connectivity index (χ0v) is 18.6. The maximum atomic E-state index is 12.4. The average molecular weight is 442 g/mol. The molecule has 3 aromatic rings. The van der Waals surface area contributed by atoms with E-state index in [9.17, 15) is 13.2 Å². The summed E-state index contributed by atoms with van der Waals surface area (Å²) < 4.78 is 26.0. The Morgan fingerprint density at radius 3 is 2.39 bits per heavy atom. The van der Waals surface area contributed by atoms with Crippen LogP contribution in [0, 0.1) is 0 Å². The third kappa shape index (κ3) is 4.95. The number of hydrogen-bond donors (Lipinski definition) is 3. The molecule has 0 aliphatic heterocycles. The lowest BCUT2D eigenvalue weighted by atomic mass is 9.97. The van der Waals surface area contributed by atoms with Gasteiger partial charge in [-0.2, -0.15) is 9.78 Å². The minimum Gasteiger partial charge on any atom is -0.383 e. The molecule has 0 aliphatic carbocycles. The summed E-state index contributed by atoms with van der Waals surface area (Å²) in [7, 11) is -1.47. The Balaban J connectivity index is 1.91. The van der Waals surface area contributed by atoms with Gasteiger partial charge in [0.05, 0.1) is 16.3 Å². The Kier molecular flexibility index (Phi) is 6.77. The molecule has 0 unspecified atom stereocenters. The molecule has 0 saturated carbocycles. The quantitative estimate of drug-likeness (QED) is 0.519. The van der Waals surface area contributed by atoms with Crippen molar-refractivity contribution in [3.8, 4) is 11.1 Å². The standard InChI is InChI=1S/C22H27N5O3S/c1-15(2)31(29,30)19-8-6-17(7-9-19)20-12-16(13-24-3)4-5-18(20)14-25-22(28)27-21(23)10-11-26-27/h4-12,15,24H,13-14,23H2,1-3H3,(H,25,28). The second-order valence-corrected chi connectivity index (χ2v) is 9.97. The van der Waals surface area contributed by atoms with Crippen molar-refractivity contribution in [3.63, 3.8) is 0 Å². The molecule has 0 saturated heterocycles. The first-order valence-corrected chi connectivity index (χ1v) is 11.5. The molecule has 1 amide bonds. The molecule has 0 spiro atoms. The third-order valence-corrected chi connectivity index (χ3v) is 7.13. The first kappa shape index (κ1) is 22.5. The van der Waals surface area contributed by atoms with Gasteiger partial charge in [0, 0.05) is 19.2 Å². The highest BCUT2D eigenvalue weighted by Gasteiger charge is 2.19. The predicted octanol–water partition coefficient (Wildman–Crippen LogP) is 2.79. The Morgan fingerprint density at radius 1 is 1.10 bits per heavy atom. The van der Waals surface area contributed by atoms with Gasteiger partial charge in [-0.05, 0) is 61.3 Å². The number of carbonyl (C=O) groups is 1. The molecule has 0 bridgehead atoms. The summed E-state index contributed by atoms with van der Waals surface area (Å²) in [5, 5.41) is 9.37. The highest BCUT2D eigenvalue weighted by molar-refractivity contribution is 7.92. The molecular weight excluding hydrogens is 414 g/mol. The largest absolute Gasteiger partial charge is 0.383 e. The molecule has 9 heteroatoms. The van der Waals surface area contributed by atoms with Crippen LogP contribution in [0.5, 0.6) is 0 Å². The number of nitrogens with zero attached hydrogens (tertiary/aromatic N) is 2. The summed E-state index contributed by atoms with van der Waals surface area (Å²) in [5.41, 5.74) is 9.47. The summed E-state index contributed by atoms with van der Waals surface area (Å²) in [4.78, 5) is 12.7. The summed E-state index contributed by atoms with van der Waals surface area (Å²) in [5.74, 6) is 0.254. The zero-order chi connectivity index (χ0) is 22.6. The van der Waals surface area contributed by atoms with Crippen LogP contribution >= 0.6 is 0 Å². The van der Waals surface area contributed by atoms with E-state index >= 15 is 0 Å². The number of anilines is 1. The van der Waals surface area contributed by atoms with Crippen LogP contribution in [0.2, 0.25) is 0 Å². The van der Waals surface area contributed by atoms with Crippen molar-refractivity contribution in [2.24, 2.45) is 0 Å². The Morgan fingerprint density at radius 2 is 1.81 bits per heavy atom. The molecular formula is C22H27N5O3S. The van der Waals surface area contributed by atoms with Crippen LogP contribution in [-0.2, 0) is 22.9 Å². The fraction of sp³-hybridized carbons (Fsp3) is 0.273. The Hall–Kier alpha value is -3.17. The first-order valence-electron chi connectivity index (χ1n) is 9.92. The number of aromatic nitrogens is 2. The van der Waals surface area contributed by atoms with Gasteiger partial charge in [0.15, 0.2) is 9.84 Å². The molecule has 1 heterocycles. The smallest absolute Gasteiger partial charge is 0.344 e. The van der Waals surface area contributed by atoms with E-state index in [1.54, 1.807) is 44.2 Å². The molecule has 31 heavy (non-hydrogen) atoms. The van der Waals surface area contributed by atoms with E-state index in [0.29, 0.717) is 11.4 Å². The molecule has 2 aromatic carbocycles. The molecule has 0 aliphatic rings. The predicted molar refractivity (Wildman–Crippen MR) is 121 cm³/mol. The monoisotopic (exact) mass is 441 g/mol. The number of nitrogens with two attached hydrogens (primary N) is 1. The lowest BCUT2D eigenvalue weighted by Gasteiger charge is -2.14. The van der Waals surface area contributed by atoms with Crippen LogP contribution in [-0.4, -0.2) is 36.5 Å². The minimum absolute atomic E-state index is 0.254. The van der Waals surface area contributed by atoms with E-state index in [-0.39, 0.29) is 12.4 Å². The van der Waals surface area contributed by atoms with Gasteiger partial charge < -0.3 is 16.4 Å². The van der Waals surface area contributed by atoms with E-state index in [1.807, 2.05) is 25.2 Å². The first-order chi connectivity index (χ1) is 14.7. The van der Waals surface area contributed by atoms with Crippen LogP contribution < -0.4 is 16.4 Å². The van der Waals surface area contributed by atoms with Gasteiger partial charge in [0.25, 0.3) is 0 Å². The van der Waals surface area contributed by atoms with Crippen molar-refractivity contribution < 1.29 is 13.2 Å². The second kappa shape index (κ2) is 9.32. The number of rotatable bonds is 7. The number of nitrogens with one attached hydrogen (secondary N) is 2.